The molecule has 0 aliphatic carbocycles. The molecule has 7 heteroatoms. The highest BCUT2D eigenvalue weighted by molar-refractivity contribution is 9.10. The summed E-state index contributed by atoms with van der Waals surface area (Å²) in [6.45, 7) is 4.16. The summed E-state index contributed by atoms with van der Waals surface area (Å²) in [5.41, 5.74) is 3.45. The first-order chi connectivity index (χ1) is 9.92. The van der Waals surface area contributed by atoms with Crippen molar-refractivity contribution in [1.29, 1.82) is 0 Å². The molecule has 0 aliphatic rings. The first-order valence-corrected chi connectivity index (χ1v) is 7.77. The lowest BCUT2D eigenvalue weighted by Crippen LogP contribution is -2.09. The van der Waals surface area contributed by atoms with E-state index in [9.17, 15) is 0 Å². The van der Waals surface area contributed by atoms with Crippen LogP contribution >= 0.6 is 39.1 Å². The molecule has 21 heavy (non-hydrogen) atoms. The average molecular weight is 391 g/mol. The molecule has 0 bridgehead atoms. The highest BCUT2D eigenvalue weighted by Gasteiger charge is 2.14. The van der Waals surface area contributed by atoms with Gasteiger partial charge in [0, 0.05) is 4.47 Å². The largest absolute Gasteiger partial charge is 0.437 e. The minimum atomic E-state index is 0.248. The standard InChI is InChI=1S/C14H14BrCl2N3O/c1-7(2)9-5-8(15)3-4-12(9)21-14-11(17)6-10(16)13(19-14)20-18/h3-7H,18H2,1-2H3,(H,19,20). The fraction of sp³-hybridized carbons (Fsp3) is 0.214. The molecule has 2 rings (SSSR count). The maximum Gasteiger partial charge on any atom is 0.240 e. The van der Waals surface area contributed by atoms with Crippen molar-refractivity contribution in [2.45, 2.75) is 19.8 Å². The summed E-state index contributed by atoms with van der Waals surface area (Å²) in [7, 11) is 0. The molecule has 0 saturated carbocycles. The monoisotopic (exact) mass is 389 g/mol. The van der Waals surface area contributed by atoms with Gasteiger partial charge in [-0.1, -0.05) is 53.0 Å². The number of aromatic nitrogens is 1. The molecule has 0 spiro atoms. The molecule has 1 aromatic carbocycles. The van der Waals surface area contributed by atoms with Crippen LogP contribution in [0, 0.1) is 0 Å². The molecular formula is C14H14BrCl2N3O. The van der Waals surface area contributed by atoms with Crippen LogP contribution in [0.5, 0.6) is 11.6 Å². The van der Waals surface area contributed by atoms with E-state index < -0.39 is 0 Å². The van der Waals surface area contributed by atoms with Gasteiger partial charge in [-0.05, 0) is 35.7 Å². The Bertz CT molecular complexity index is 665. The summed E-state index contributed by atoms with van der Waals surface area (Å²) >= 11 is 15.5. The van der Waals surface area contributed by atoms with Gasteiger partial charge in [0.2, 0.25) is 5.88 Å². The van der Waals surface area contributed by atoms with Gasteiger partial charge in [-0.2, -0.15) is 4.98 Å². The molecule has 112 valence electrons. The van der Waals surface area contributed by atoms with Crippen molar-refractivity contribution >= 4 is 44.9 Å². The van der Waals surface area contributed by atoms with Crippen LogP contribution in [0.3, 0.4) is 0 Å². The van der Waals surface area contributed by atoms with Crippen molar-refractivity contribution < 1.29 is 4.74 Å². The molecule has 0 fully saturated rings. The summed E-state index contributed by atoms with van der Waals surface area (Å²) in [5.74, 6) is 6.89. The van der Waals surface area contributed by atoms with Gasteiger partial charge in [-0.3, -0.25) is 0 Å². The van der Waals surface area contributed by atoms with Crippen LogP contribution < -0.4 is 16.0 Å². The first-order valence-electron chi connectivity index (χ1n) is 6.22. The average Bonchev–Trinajstić information content (AvgIpc) is 2.43. The topological polar surface area (TPSA) is 60.2 Å². The third-order valence-corrected chi connectivity index (χ3v) is 3.89. The van der Waals surface area contributed by atoms with Crippen LogP contribution in [0.15, 0.2) is 28.7 Å². The van der Waals surface area contributed by atoms with Crippen molar-refractivity contribution in [2.24, 2.45) is 5.84 Å². The van der Waals surface area contributed by atoms with E-state index in [0.717, 1.165) is 10.0 Å². The molecule has 0 atom stereocenters. The molecule has 1 aromatic heterocycles. The Morgan fingerprint density at radius 2 is 1.95 bits per heavy atom. The van der Waals surface area contributed by atoms with Crippen LogP contribution in [0.4, 0.5) is 5.82 Å². The maximum atomic E-state index is 6.12. The minimum absolute atomic E-state index is 0.248. The number of nitrogen functional groups attached to an aromatic ring is 1. The Balaban J connectivity index is 2.43. The SMILES string of the molecule is CC(C)c1cc(Br)ccc1Oc1nc(NN)c(Cl)cc1Cl. The maximum absolute atomic E-state index is 6.12. The fourth-order valence-electron chi connectivity index (χ4n) is 1.79. The van der Waals surface area contributed by atoms with E-state index in [1.807, 2.05) is 18.2 Å². The number of nitrogens with zero attached hydrogens (tertiary/aromatic N) is 1. The normalized spacial score (nSPS) is 10.8. The van der Waals surface area contributed by atoms with Gasteiger partial charge in [0.15, 0.2) is 5.82 Å². The van der Waals surface area contributed by atoms with Crippen molar-refractivity contribution in [2.75, 3.05) is 5.43 Å². The number of hydrazine groups is 1. The number of halogens is 3. The molecular weight excluding hydrogens is 377 g/mol. The first kappa shape index (κ1) is 16.4. The van der Waals surface area contributed by atoms with Crippen LogP contribution in [0.25, 0.3) is 0 Å². The molecule has 4 nitrogen and oxygen atoms in total. The predicted octanol–water partition coefficient (Wildman–Crippen LogP) is 5.35. The van der Waals surface area contributed by atoms with Crippen LogP contribution in [-0.2, 0) is 0 Å². The Morgan fingerprint density at radius 3 is 2.57 bits per heavy atom. The summed E-state index contributed by atoms with van der Waals surface area (Å²) in [6, 6.07) is 7.30. The second-order valence-electron chi connectivity index (χ2n) is 4.69. The van der Waals surface area contributed by atoms with E-state index in [4.69, 9.17) is 33.8 Å². The number of pyridine rings is 1. The zero-order valence-corrected chi connectivity index (χ0v) is 14.6. The number of hydrogen-bond donors (Lipinski definition) is 2. The second kappa shape index (κ2) is 6.83. The number of nitrogens with one attached hydrogen (secondary N) is 1. The number of rotatable bonds is 4. The van der Waals surface area contributed by atoms with Gasteiger partial charge < -0.3 is 10.2 Å². The molecule has 0 aliphatic heterocycles. The van der Waals surface area contributed by atoms with Gasteiger partial charge >= 0.3 is 0 Å². The molecule has 0 saturated heterocycles. The van der Waals surface area contributed by atoms with Crippen molar-refractivity contribution in [3.8, 4) is 11.6 Å². The van der Waals surface area contributed by atoms with Crippen LogP contribution in [-0.4, -0.2) is 4.98 Å². The Morgan fingerprint density at radius 1 is 1.24 bits per heavy atom. The molecule has 0 unspecified atom stereocenters. The summed E-state index contributed by atoms with van der Waals surface area (Å²) < 4.78 is 6.82. The van der Waals surface area contributed by atoms with Crippen LogP contribution in [0.2, 0.25) is 10.0 Å². The summed E-state index contributed by atoms with van der Waals surface area (Å²) in [6.07, 6.45) is 0. The molecule has 0 radical (unpaired) electrons. The molecule has 2 aromatic rings. The van der Waals surface area contributed by atoms with Crippen LogP contribution in [0.1, 0.15) is 25.3 Å². The molecule has 3 N–H and O–H groups in total. The highest BCUT2D eigenvalue weighted by Crippen LogP contribution is 2.37. The zero-order chi connectivity index (χ0) is 15.6. The van der Waals surface area contributed by atoms with E-state index in [-0.39, 0.29) is 11.8 Å². The second-order valence-corrected chi connectivity index (χ2v) is 6.42. The Labute approximate surface area is 141 Å². The molecule has 0 amide bonds. The quantitative estimate of drug-likeness (QED) is 0.545. The van der Waals surface area contributed by atoms with E-state index in [0.29, 0.717) is 21.6 Å². The minimum Gasteiger partial charge on any atom is -0.437 e. The smallest absolute Gasteiger partial charge is 0.240 e. The van der Waals surface area contributed by atoms with E-state index in [1.165, 1.54) is 6.07 Å². The van der Waals surface area contributed by atoms with E-state index >= 15 is 0 Å². The van der Waals surface area contributed by atoms with E-state index in [2.05, 4.69) is 40.2 Å². The third kappa shape index (κ3) is 3.80. The Kier molecular flexibility index (Phi) is 5.32. The lowest BCUT2D eigenvalue weighted by atomic mass is 10.0. The summed E-state index contributed by atoms with van der Waals surface area (Å²) in [4.78, 5) is 4.17. The van der Waals surface area contributed by atoms with Crippen molar-refractivity contribution in [1.82, 2.24) is 4.98 Å². The lowest BCUT2D eigenvalue weighted by molar-refractivity contribution is 0.455. The number of ether oxygens (including phenoxy) is 1. The van der Waals surface area contributed by atoms with E-state index in [1.54, 1.807) is 0 Å². The predicted molar refractivity (Wildman–Crippen MR) is 90.4 cm³/mol. The van der Waals surface area contributed by atoms with Gasteiger partial charge in [-0.15, -0.1) is 0 Å². The van der Waals surface area contributed by atoms with Gasteiger partial charge in [-0.25, -0.2) is 5.84 Å². The number of nitrogens with two attached hydrogens (primary N) is 1. The number of benzene rings is 1. The molecule has 1 heterocycles. The van der Waals surface area contributed by atoms with Gasteiger partial charge in [0.25, 0.3) is 0 Å². The Hall–Kier alpha value is -1.01. The summed E-state index contributed by atoms with van der Waals surface area (Å²) in [5, 5.41) is 0.645. The zero-order valence-electron chi connectivity index (χ0n) is 11.5. The number of hydrogen-bond acceptors (Lipinski definition) is 4. The number of anilines is 1. The van der Waals surface area contributed by atoms with Gasteiger partial charge in [0.05, 0.1) is 5.02 Å². The van der Waals surface area contributed by atoms with Crippen molar-refractivity contribution in [3.05, 3.63) is 44.3 Å². The van der Waals surface area contributed by atoms with Crippen molar-refractivity contribution in [3.63, 3.8) is 0 Å². The third-order valence-electron chi connectivity index (χ3n) is 2.83. The fourth-order valence-corrected chi connectivity index (χ4v) is 2.62. The van der Waals surface area contributed by atoms with Gasteiger partial charge in [0.1, 0.15) is 10.8 Å². The lowest BCUT2D eigenvalue weighted by Gasteiger charge is -2.15. The highest BCUT2D eigenvalue weighted by atomic mass is 79.9.